The van der Waals surface area contributed by atoms with Gasteiger partial charge in [0.2, 0.25) is 5.91 Å². The lowest BCUT2D eigenvalue weighted by molar-refractivity contribution is -0.130. The average molecular weight is 340 g/mol. The van der Waals surface area contributed by atoms with E-state index in [1.807, 2.05) is 23.1 Å². The van der Waals surface area contributed by atoms with E-state index in [0.717, 1.165) is 44.5 Å². The molecule has 1 amide bonds. The molecule has 2 aromatic rings. The quantitative estimate of drug-likeness (QED) is 0.853. The van der Waals surface area contributed by atoms with Gasteiger partial charge in [-0.1, -0.05) is 6.07 Å². The SMILES string of the molecule is CC(=O)N1CCC[C@@H]1[C@@H]1CCCN1Cc1cc(=O)n2ccccc2n1. The third-order valence-electron chi connectivity index (χ3n) is 5.55. The number of carbonyl (C=O) groups is 1. The van der Waals surface area contributed by atoms with Crippen LogP contribution in [0.2, 0.25) is 0 Å². The van der Waals surface area contributed by atoms with Crippen molar-refractivity contribution in [3.05, 3.63) is 46.5 Å². The molecular weight excluding hydrogens is 316 g/mol. The van der Waals surface area contributed by atoms with Gasteiger partial charge in [0, 0.05) is 44.4 Å². The topological polar surface area (TPSA) is 57.9 Å². The summed E-state index contributed by atoms with van der Waals surface area (Å²) in [6, 6.07) is 7.92. The van der Waals surface area contributed by atoms with Gasteiger partial charge in [-0.15, -0.1) is 0 Å². The van der Waals surface area contributed by atoms with Crippen LogP contribution in [0.25, 0.3) is 5.65 Å². The van der Waals surface area contributed by atoms with E-state index in [1.54, 1.807) is 23.6 Å². The second kappa shape index (κ2) is 6.59. The van der Waals surface area contributed by atoms with E-state index in [1.165, 1.54) is 0 Å². The van der Waals surface area contributed by atoms with Crippen LogP contribution in [0.3, 0.4) is 0 Å². The van der Waals surface area contributed by atoms with Gasteiger partial charge in [0.25, 0.3) is 5.56 Å². The Morgan fingerprint density at radius 2 is 2.00 bits per heavy atom. The Kier molecular flexibility index (Phi) is 4.29. The molecular formula is C19H24N4O2. The molecule has 4 rings (SSSR count). The van der Waals surface area contributed by atoms with Gasteiger partial charge in [-0.05, 0) is 44.4 Å². The van der Waals surface area contributed by atoms with Gasteiger partial charge in [-0.3, -0.25) is 18.9 Å². The smallest absolute Gasteiger partial charge is 0.258 e. The summed E-state index contributed by atoms with van der Waals surface area (Å²) in [4.78, 5) is 33.3. The summed E-state index contributed by atoms with van der Waals surface area (Å²) in [5.74, 6) is 0.177. The first-order valence-electron chi connectivity index (χ1n) is 9.12. The molecule has 0 aromatic carbocycles. The van der Waals surface area contributed by atoms with Gasteiger partial charge < -0.3 is 4.90 Å². The number of hydrogen-bond acceptors (Lipinski definition) is 4. The summed E-state index contributed by atoms with van der Waals surface area (Å²) in [5.41, 5.74) is 1.46. The number of nitrogens with zero attached hydrogens (tertiary/aromatic N) is 4. The molecule has 0 spiro atoms. The van der Waals surface area contributed by atoms with E-state index in [4.69, 9.17) is 0 Å². The Balaban J connectivity index is 1.57. The minimum absolute atomic E-state index is 0.0393. The third-order valence-corrected chi connectivity index (χ3v) is 5.55. The molecule has 6 heteroatoms. The van der Waals surface area contributed by atoms with E-state index in [0.29, 0.717) is 24.3 Å². The van der Waals surface area contributed by atoms with Crippen LogP contribution in [0.15, 0.2) is 35.3 Å². The lowest BCUT2D eigenvalue weighted by Gasteiger charge is -2.34. The van der Waals surface area contributed by atoms with Crippen LogP contribution in [0.1, 0.15) is 38.3 Å². The molecule has 25 heavy (non-hydrogen) atoms. The van der Waals surface area contributed by atoms with Crippen molar-refractivity contribution < 1.29 is 4.79 Å². The van der Waals surface area contributed by atoms with Gasteiger partial charge >= 0.3 is 0 Å². The number of carbonyl (C=O) groups excluding carboxylic acids is 1. The standard InChI is InChI=1S/C19H24N4O2/c1-14(24)22-11-5-7-17(22)16-6-4-9-21(16)13-15-12-19(25)23-10-3-2-8-18(23)20-15/h2-3,8,10,12,16-17H,4-7,9,11,13H2,1H3/t16-,17+/m0/s1. The molecule has 0 N–H and O–H groups in total. The largest absolute Gasteiger partial charge is 0.338 e. The van der Waals surface area contributed by atoms with Crippen molar-refractivity contribution in [1.29, 1.82) is 0 Å². The molecule has 0 unspecified atom stereocenters. The number of hydrogen-bond donors (Lipinski definition) is 0. The Morgan fingerprint density at radius 3 is 2.84 bits per heavy atom. The number of fused-ring (bicyclic) bond motifs is 1. The molecule has 2 aromatic heterocycles. The molecule has 2 aliphatic heterocycles. The van der Waals surface area contributed by atoms with Crippen molar-refractivity contribution in [3.8, 4) is 0 Å². The maximum absolute atomic E-state index is 12.3. The summed E-state index contributed by atoms with van der Waals surface area (Å²) in [6.45, 7) is 4.22. The van der Waals surface area contributed by atoms with Crippen LogP contribution in [0.4, 0.5) is 0 Å². The van der Waals surface area contributed by atoms with Gasteiger partial charge in [0.1, 0.15) is 5.65 Å². The lowest BCUT2D eigenvalue weighted by Crippen LogP contribution is -2.47. The second-order valence-corrected chi connectivity index (χ2v) is 7.12. The Morgan fingerprint density at radius 1 is 1.20 bits per heavy atom. The van der Waals surface area contributed by atoms with Crippen LogP contribution in [0, 0.1) is 0 Å². The summed E-state index contributed by atoms with van der Waals surface area (Å²) >= 11 is 0. The highest BCUT2D eigenvalue weighted by atomic mass is 16.2. The molecule has 2 atom stereocenters. The lowest BCUT2D eigenvalue weighted by atomic mass is 10.0. The monoisotopic (exact) mass is 340 g/mol. The highest BCUT2D eigenvalue weighted by Gasteiger charge is 2.38. The highest BCUT2D eigenvalue weighted by Crippen LogP contribution is 2.30. The minimum atomic E-state index is -0.0393. The second-order valence-electron chi connectivity index (χ2n) is 7.12. The number of likely N-dealkylation sites (tertiary alicyclic amines) is 2. The zero-order valence-electron chi connectivity index (χ0n) is 14.6. The maximum Gasteiger partial charge on any atom is 0.258 e. The van der Waals surface area contributed by atoms with Crippen LogP contribution in [-0.4, -0.2) is 50.3 Å². The summed E-state index contributed by atoms with van der Waals surface area (Å²) in [7, 11) is 0. The molecule has 4 heterocycles. The fourth-order valence-electron chi connectivity index (χ4n) is 4.46. The number of pyridine rings is 1. The van der Waals surface area contributed by atoms with E-state index < -0.39 is 0 Å². The number of aromatic nitrogens is 2. The van der Waals surface area contributed by atoms with E-state index in [2.05, 4.69) is 9.88 Å². The molecule has 6 nitrogen and oxygen atoms in total. The predicted octanol–water partition coefficient (Wildman–Crippen LogP) is 1.67. The molecule has 132 valence electrons. The zero-order chi connectivity index (χ0) is 17.4. The highest BCUT2D eigenvalue weighted by molar-refractivity contribution is 5.74. The van der Waals surface area contributed by atoms with Crippen molar-refractivity contribution >= 4 is 11.6 Å². The molecule has 0 saturated carbocycles. The van der Waals surface area contributed by atoms with E-state index in [-0.39, 0.29) is 11.5 Å². The minimum Gasteiger partial charge on any atom is -0.338 e. The van der Waals surface area contributed by atoms with Crippen LogP contribution < -0.4 is 5.56 Å². The van der Waals surface area contributed by atoms with Gasteiger partial charge in [-0.2, -0.15) is 0 Å². The average Bonchev–Trinajstić information content (AvgIpc) is 3.23. The van der Waals surface area contributed by atoms with Crippen LogP contribution >= 0.6 is 0 Å². The Bertz CT molecular complexity index is 847. The predicted molar refractivity (Wildman–Crippen MR) is 95.3 cm³/mol. The van der Waals surface area contributed by atoms with Crippen molar-refractivity contribution in [2.75, 3.05) is 13.1 Å². The van der Waals surface area contributed by atoms with Gasteiger partial charge in [0.15, 0.2) is 0 Å². The Hall–Kier alpha value is -2.21. The van der Waals surface area contributed by atoms with Gasteiger partial charge in [0.05, 0.1) is 5.69 Å². The molecule has 0 bridgehead atoms. The summed E-state index contributed by atoms with van der Waals surface area (Å²) in [6.07, 6.45) is 6.16. The van der Waals surface area contributed by atoms with Crippen molar-refractivity contribution in [2.24, 2.45) is 0 Å². The number of rotatable bonds is 3. The fourth-order valence-corrected chi connectivity index (χ4v) is 4.46. The first-order valence-corrected chi connectivity index (χ1v) is 9.12. The van der Waals surface area contributed by atoms with Crippen LogP contribution in [-0.2, 0) is 11.3 Å². The number of amides is 1. The molecule has 0 radical (unpaired) electrons. The summed E-state index contributed by atoms with van der Waals surface area (Å²) < 4.78 is 1.57. The van der Waals surface area contributed by atoms with Crippen LogP contribution in [0.5, 0.6) is 0 Å². The fraction of sp³-hybridized carbons (Fsp3) is 0.526. The zero-order valence-corrected chi connectivity index (χ0v) is 14.6. The van der Waals surface area contributed by atoms with Crippen molar-refractivity contribution in [2.45, 2.75) is 51.2 Å². The molecule has 2 saturated heterocycles. The molecule has 0 aliphatic carbocycles. The first-order chi connectivity index (χ1) is 12.1. The Labute approximate surface area is 147 Å². The maximum atomic E-state index is 12.3. The third kappa shape index (κ3) is 3.06. The van der Waals surface area contributed by atoms with Gasteiger partial charge in [-0.25, -0.2) is 4.98 Å². The van der Waals surface area contributed by atoms with Crippen molar-refractivity contribution in [1.82, 2.24) is 19.2 Å². The molecule has 2 aliphatic rings. The normalized spacial score (nSPS) is 24.3. The summed E-state index contributed by atoms with van der Waals surface area (Å²) in [5, 5.41) is 0. The first kappa shape index (κ1) is 16.3. The van der Waals surface area contributed by atoms with E-state index in [9.17, 15) is 9.59 Å². The molecule has 2 fully saturated rings. The van der Waals surface area contributed by atoms with Crippen molar-refractivity contribution in [3.63, 3.8) is 0 Å². The van der Waals surface area contributed by atoms with E-state index >= 15 is 0 Å².